The van der Waals surface area contributed by atoms with Gasteiger partial charge in [-0.15, -0.1) is 0 Å². The van der Waals surface area contributed by atoms with Gasteiger partial charge >= 0.3 is 80.3 Å². The molecule has 0 N–H and O–H groups in total. The molecule has 0 atom stereocenters. The Labute approximate surface area is 80.6 Å². The van der Waals surface area contributed by atoms with E-state index < -0.39 is 13.6 Å². The number of hydrogen-bond acceptors (Lipinski definition) is 1. The summed E-state index contributed by atoms with van der Waals surface area (Å²) in [6.07, 6.45) is 3.94. The zero-order valence-corrected chi connectivity index (χ0v) is 11.2. The van der Waals surface area contributed by atoms with Gasteiger partial charge < -0.3 is 0 Å². The van der Waals surface area contributed by atoms with Crippen LogP contribution in [0.2, 0.25) is 15.8 Å². The van der Waals surface area contributed by atoms with Crippen LogP contribution in [0.15, 0.2) is 0 Å². The van der Waals surface area contributed by atoms with Crippen LogP contribution in [0.1, 0.15) is 40.0 Å². The van der Waals surface area contributed by atoms with Crippen molar-refractivity contribution in [2.24, 2.45) is 0 Å². The monoisotopic (exact) mass is 234 g/mol. The van der Waals surface area contributed by atoms with Crippen molar-refractivity contribution in [3.8, 4) is 0 Å². The van der Waals surface area contributed by atoms with E-state index in [9.17, 15) is 0 Å². The molecule has 0 heterocycles. The summed E-state index contributed by atoms with van der Waals surface area (Å²) in [6.45, 7) is 6.85. The Balaban J connectivity index is 4.06. The van der Waals surface area contributed by atoms with Gasteiger partial charge in [-0.25, -0.2) is 0 Å². The van der Waals surface area contributed by atoms with E-state index in [2.05, 4.69) is 20.8 Å². The van der Waals surface area contributed by atoms with E-state index in [1.54, 1.807) is 0 Å². The van der Waals surface area contributed by atoms with E-state index in [0.717, 1.165) is 0 Å². The van der Waals surface area contributed by atoms with Gasteiger partial charge in [0.05, 0.1) is 0 Å². The van der Waals surface area contributed by atoms with E-state index in [1.165, 1.54) is 35.0 Å². The predicted molar refractivity (Wildman–Crippen MR) is 58.1 cm³/mol. The van der Waals surface area contributed by atoms with E-state index in [-0.39, 0.29) is 0 Å². The van der Waals surface area contributed by atoms with Crippen molar-refractivity contribution in [2.45, 2.75) is 55.8 Å². The van der Waals surface area contributed by atoms with Crippen LogP contribution in [-0.4, -0.2) is 20.7 Å². The first-order valence-electron chi connectivity index (χ1n) is 5.29. The van der Waals surface area contributed by atoms with E-state index >= 15 is 0 Å². The molecular formula is C10H24GeO. The van der Waals surface area contributed by atoms with Crippen LogP contribution >= 0.6 is 0 Å². The van der Waals surface area contributed by atoms with Gasteiger partial charge in [0.25, 0.3) is 0 Å². The third-order valence-corrected chi connectivity index (χ3v) is 13.2. The second kappa shape index (κ2) is 6.96. The molecule has 0 amide bonds. The van der Waals surface area contributed by atoms with Crippen molar-refractivity contribution >= 4 is 13.6 Å². The van der Waals surface area contributed by atoms with Gasteiger partial charge in [0.2, 0.25) is 0 Å². The zero-order chi connectivity index (χ0) is 9.45. The second-order valence-corrected chi connectivity index (χ2v) is 12.6. The first-order valence-corrected chi connectivity index (χ1v) is 10.6. The molecule has 0 aromatic rings. The summed E-state index contributed by atoms with van der Waals surface area (Å²) in [5.41, 5.74) is 0. The average molecular weight is 233 g/mol. The van der Waals surface area contributed by atoms with Crippen LogP contribution in [0, 0.1) is 0 Å². The Hall–Kier alpha value is 0.503. The van der Waals surface area contributed by atoms with Gasteiger partial charge in [0.15, 0.2) is 0 Å². The van der Waals surface area contributed by atoms with E-state index in [0.29, 0.717) is 0 Å². The Kier molecular flexibility index (Phi) is 7.25. The molecule has 0 aliphatic rings. The molecule has 0 aliphatic carbocycles. The summed E-state index contributed by atoms with van der Waals surface area (Å²) in [6, 6.07) is 0. The van der Waals surface area contributed by atoms with Crippen LogP contribution in [0.3, 0.4) is 0 Å². The van der Waals surface area contributed by atoms with Crippen LogP contribution in [0.4, 0.5) is 0 Å². The van der Waals surface area contributed by atoms with Crippen LogP contribution in [0.25, 0.3) is 0 Å². The maximum absolute atomic E-state index is 5.85. The van der Waals surface area contributed by atoms with Crippen LogP contribution in [0.5, 0.6) is 0 Å². The van der Waals surface area contributed by atoms with Crippen molar-refractivity contribution in [2.75, 3.05) is 7.11 Å². The quantitative estimate of drug-likeness (QED) is 0.607. The molecule has 0 aliphatic heterocycles. The van der Waals surface area contributed by atoms with Crippen LogP contribution in [-0.2, 0) is 3.76 Å². The van der Waals surface area contributed by atoms with Gasteiger partial charge in [0.1, 0.15) is 0 Å². The number of hydrogen-bond donors (Lipinski definition) is 0. The van der Waals surface area contributed by atoms with Gasteiger partial charge in [-0.3, -0.25) is 0 Å². The fourth-order valence-electron chi connectivity index (χ4n) is 2.05. The van der Waals surface area contributed by atoms with Crippen molar-refractivity contribution in [3.63, 3.8) is 0 Å². The third kappa shape index (κ3) is 3.95. The molecule has 0 aromatic carbocycles. The summed E-state index contributed by atoms with van der Waals surface area (Å²) in [5, 5.41) is 4.20. The topological polar surface area (TPSA) is 9.23 Å². The average Bonchev–Trinajstić information content (AvgIpc) is 2.06. The summed E-state index contributed by atoms with van der Waals surface area (Å²) >= 11 is -1.78. The molecule has 0 saturated carbocycles. The Bertz CT molecular complexity index is 87.0. The first kappa shape index (κ1) is 12.5. The van der Waals surface area contributed by atoms with E-state index in [1.807, 2.05) is 7.11 Å². The predicted octanol–water partition coefficient (Wildman–Crippen LogP) is 3.81. The summed E-state index contributed by atoms with van der Waals surface area (Å²) in [5.74, 6) is 0. The zero-order valence-electron chi connectivity index (χ0n) is 9.15. The fraction of sp³-hybridized carbons (Fsp3) is 1.00. The molecule has 2 heteroatoms. The molecule has 0 spiro atoms. The van der Waals surface area contributed by atoms with Crippen LogP contribution < -0.4 is 0 Å². The molecule has 74 valence electrons. The fourth-order valence-corrected chi connectivity index (χ4v) is 10.6. The van der Waals surface area contributed by atoms with Gasteiger partial charge in [-0.05, 0) is 0 Å². The molecule has 12 heavy (non-hydrogen) atoms. The second-order valence-electron chi connectivity index (χ2n) is 3.64. The molecule has 0 bridgehead atoms. The van der Waals surface area contributed by atoms with Crippen molar-refractivity contribution in [3.05, 3.63) is 0 Å². The van der Waals surface area contributed by atoms with Gasteiger partial charge in [-0.2, -0.15) is 0 Å². The minimum atomic E-state index is -1.78. The standard InChI is InChI=1S/C10H24GeO/c1-5-8-11(12-4,9-6-2)10-7-3/h5-10H2,1-4H3. The van der Waals surface area contributed by atoms with Crippen molar-refractivity contribution in [1.29, 1.82) is 0 Å². The molecule has 1 nitrogen and oxygen atoms in total. The SMILES string of the molecule is CC[CH2][Ge]([CH2]CC)([CH2]CC)[O]C. The molecule has 0 rings (SSSR count). The number of rotatable bonds is 7. The van der Waals surface area contributed by atoms with Crippen molar-refractivity contribution < 1.29 is 3.76 Å². The summed E-state index contributed by atoms with van der Waals surface area (Å²) in [4.78, 5) is 0. The molecule has 0 radical (unpaired) electrons. The molecule has 0 aromatic heterocycles. The Morgan fingerprint density at radius 1 is 0.833 bits per heavy atom. The van der Waals surface area contributed by atoms with Crippen molar-refractivity contribution in [1.82, 2.24) is 0 Å². The third-order valence-electron chi connectivity index (χ3n) is 2.55. The first-order chi connectivity index (χ1) is 5.74. The molecule has 0 unspecified atom stereocenters. The molecule has 0 saturated heterocycles. The molecule has 0 fully saturated rings. The maximum atomic E-state index is 5.85. The molecular weight excluding hydrogens is 209 g/mol. The normalized spacial score (nSPS) is 12.0. The van der Waals surface area contributed by atoms with Gasteiger partial charge in [-0.1, -0.05) is 0 Å². The summed E-state index contributed by atoms with van der Waals surface area (Å²) in [7, 11) is 1.95. The van der Waals surface area contributed by atoms with Gasteiger partial charge in [0, 0.05) is 0 Å². The minimum absolute atomic E-state index is 1.31. The van der Waals surface area contributed by atoms with E-state index in [4.69, 9.17) is 3.76 Å². The Morgan fingerprint density at radius 2 is 1.17 bits per heavy atom. The Morgan fingerprint density at radius 3 is 1.33 bits per heavy atom. The summed E-state index contributed by atoms with van der Waals surface area (Å²) < 4.78 is 5.85.